The molecule has 1 aromatic carbocycles. The Bertz CT molecular complexity index is 396. The van der Waals surface area contributed by atoms with Gasteiger partial charge in [0.05, 0.1) is 12.7 Å². The Kier molecular flexibility index (Phi) is 3.41. The zero-order valence-electron chi connectivity index (χ0n) is 9.97. The van der Waals surface area contributed by atoms with Gasteiger partial charge in [-0.2, -0.15) is 0 Å². The molecule has 1 fully saturated rings. The molecule has 1 aromatic rings. The molecule has 0 saturated heterocycles. The zero-order chi connectivity index (χ0) is 11.7. The topological polar surface area (TPSA) is 35.2 Å². The third-order valence-corrected chi connectivity index (χ3v) is 5.01. The summed E-state index contributed by atoms with van der Waals surface area (Å²) in [5.74, 6) is 1.74. The lowest BCUT2D eigenvalue weighted by Gasteiger charge is -2.16. The van der Waals surface area contributed by atoms with Gasteiger partial charge in [0, 0.05) is 22.6 Å². The number of benzene rings is 1. The predicted octanol–water partition coefficient (Wildman–Crippen LogP) is 2.77. The summed E-state index contributed by atoms with van der Waals surface area (Å²) >= 11 is 1.95. The van der Waals surface area contributed by atoms with Gasteiger partial charge in [-0.05, 0) is 30.9 Å². The highest BCUT2D eigenvalue weighted by Gasteiger charge is 2.26. The molecular weight excluding hydrogens is 230 g/mol. The normalized spacial score (nSPS) is 31.7. The van der Waals surface area contributed by atoms with Crippen molar-refractivity contribution in [3.63, 3.8) is 0 Å². The van der Waals surface area contributed by atoms with E-state index in [1.54, 1.807) is 0 Å². The Morgan fingerprint density at radius 2 is 2.18 bits per heavy atom. The van der Waals surface area contributed by atoms with E-state index in [0.717, 1.165) is 31.6 Å². The third-order valence-electron chi connectivity index (χ3n) is 3.76. The Balaban J connectivity index is 1.57. The van der Waals surface area contributed by atoms with E-state index in [1.807, 2.05) is 11.8 Å². The first-order valence-corrected chi connectivity index (χ1v) is 7.40. The fourth-order valence-electron chi connectivity index (χ4n) is 2.74. The van der Waals surface area contributed by atoms with Crippen molar-refractivity contribution in [2.24, 2.45) is 5.73 Å². The maximum atomic E-state index is 6.02. The second kappa shape index (κ2) is 5.01. The van der Waals surface area contributed by atoms with Crippen LogP contribution >= 0.6 is 11.8 Å². The van der Waals surface area contributed by atoms with Crippen molar-refractivity contribution in [3.8, 4) is 0 Å². The first kappa shape index (κ1) is 11.6. The molecule has 0 bridgehead atoms. The van der Waals surface area contributed by atoms with E-state index in [0.29, 0.717) is 18.1 Å². The Morgan fingerprint density at radius 1 is 1.29 bits per heavy atom. The number of thioether (sulfide) groups is 1. The maximum absolute atomic E-state index is 6.02. The maximum Gasteiger partial charge on any atom is 0.0590 e. The van der Waals surface area contributed by atoms with Crippen LogP contribution in [0.5, 0.6) is 0 Å². The summed E-state index contributed by atoms with van der Waals surface area (Å²) in [6.07, 6.45) is 3.72. The van der Waals surface area contributed by atoms with Crippen LogP contribution in [0.2, 0.25) is 0 Å². The fraction of sp³-hybridized carbons (Fsp3) is 0.571. The van der Waals surface area contributed by atoms with Gasteiger partial charge < -0.3 is 10.5 Å². The van der Waals surface area contributed by atoms with Crippen LogP contribution in [0.3, 0.4) is 0 Å². The number of rotatable bonds is 3. The molecule has 3 atom stereocenters. The monoisotopic (exact) mass is 249 g/mol. The van der Waals surface area contributed by atoms with Crippen molar-refractivity contribution in [1.82, 2.24) is 0 Å². The molecule has 3 rings (SSSR count). The van der Waals surface area contributed by atoms with Crippen molar-refractivity contribution >= 4 is 11.8 Å². The summed E-state index contributed by atoms with van der Waals surface area (Å²) in [6, 6.07) is 9.06. The van der Waals surface area contributed by atoms with Crippen LogP contribution < -0.4 is 5.73 Å². The van der Waals surface area contributed by atoms with Gasteiger partial charge >= 0.3 is 0 Å². The SMILES string of the molecule is NC1CCC(OCC2CSc3ccccc32)C1. The van der Waals surface area contributed by atoms with Gasteiger partial charge in [0.1, 0.15) is 0 Å². The molecule has 1 saturated carbocycles. The lowest BCUT2D eigenvalue weighted by Crippen LogP contribution is -2.19. The molecular formula is C14H19NOS. The molecule has 1 heterocycles. The summed E-state index contributed by atoms with van der Waals surface area (Å²) in [6.45, 7) is 0.863. The molecule has 2 N–H and O–H groups in total. The van der Waals surface area contributed by atoms with Crippen molar-refractivity contribution in [2.75, 3.05) is 12.4 Å². The van der Waals surface area contributed by atoms with Crippen LogP contribution in [0.15, 0.2) is 29.2 Å². The zero-order valence-corrected chi connectivity index (χ0v) is 10.8. The van der Waals surface area contributed by atoms with Gasteiger partial charge in [-0.15, -0.1) is 11.8 Å². The largest absolute Gasteiger partial charge is 0.377 e. The number of ether oxygens (including phenoxy) is 1. The molecule has 0 aromatic heterocycles. The quantitative estimate of drug-likeness (QED) is 0.894. The highest BCUT2D eigenvalue weighted by Crippen LogP contribution is 2.39. The minimum atomic E-state index is 0.366. The summed E-state index contributed by atoms with van der Waals surface area (Å²) < 4.78 is 6.02. The summed E-state index contributed by atoms with van der Waals surface area (Å²) in [4.78, 5) is 1.43. The van der Waals surface area contributed by atoms with Crippen LogP contribution in [-0.2, 0) is 4.74 Å². The van der Waals surface area contributed by atoms with Gasteiger partial charge in [-0.25, -0.2) is 0 Å². The Hall–Kier alpha value is -0.510. The van der Waals surface area contributed by atoms with Crippen LogP contribution in [0.25, 0.3) is 0 Å². The van der Waals surface area contributed by atoms with E-state index in [9.17, 15) is 0 Å². The number of hydrogen-bond donors (Lipinski definition) is 1. The minimum absolute atomic E-state index is 0.366. The van der Waals surface area contributed by atoms with Crippen molar-refractivity contribution in [3.05, 3.63) is 29.8 Å². The standard InChI is InChI=1S/C14H19NOS/c15-11-5-6-12(7-11)16-8-10-9-17-14-4-2-1-3-13(10)14/h1-4,10-12H,5-9,15H2. The predicted molar refractivity (Wildman–Crippen MR) is 71.5 cm³/mol. The Labute approximate surface area is 107 Å². The molecule has 92 valence electrons. The van der Waals surface area contributed by atoms with Crippen molar-refractivity contribution in [1.29, 1.82) is 0 Å². The highest BCUT2D eigenvalue weighted by molar-refractivity contribution is 7.99. The van der Waals surface area contributed by atoms with Crippen LogP contribution in [0.4, 0.5) is 0 Å². The first-order chi connectivity index (χ1) is 8.33. The molecule has 1 aliphatic carbocycles. The van der Waals surface area contributed by atoms with Gasteiger partial charge in [-0.3, -0.25) is 0 Å². The fourth-order valence-corrected chi connectivity index (χ4v) is 3.98. The van der Waals surface area contributed by atoms with E-state index >= 15 is 0 Å². The van der Waals surface area contributed by atoms with E-state index in [2.05, 4.69) is 24.3 Å². The number of nitrogens with two attached hydrogens (primary N) is 1. The van der Waals surface area contributed by atoms with E-state index in [4.69, 9.17) is 10.5 Å². The lowest BCUT2D eigenvalue weighted by atomic mass is 10.0. The average Bonchev–Trinajstić information content (AvgIpc) is 2.93. The van der Waals surface area contributed by atoms with Gasteiger partial charge in [0.25, 0.3) is 0 Å². The van der Waals surface area contributed by atoms with Crippen molar-refractivity contribution in [2.45, 2.75) is 42.2 Å². The number of hydrogen-bond acceptors (Lipinski definition) is 3. The highest BCUT2D eigenvalue weighted by atomic mass is 32.2. The molecule has 2 nitrogen and oxygen atoms in total. The molecule has 3 unspecified atom stereocenters. The molecule has 2 aliphatic rings. The molecule has 0 radical (unpaired) electrons. The molecule has 3 heteroatoms. The minimum Gasteiger partial charge on any atom is -0.377 e. The van der Waals surface area contributed by atoms with E-state index in [1.165, 1.54) is 10.5 Å². The summed E-state index contributed by atoms with van der Waals surface area (Å²) in [7, 11) is 0. The smallest absolute Gasteiger partial charge is 0.0590 e. The van der Waals surface area contributed by atoms with Crippen LogP contribution in [0, 0.1) is 0 Å². The van der Waals surface area contributed by atoms with Crippen LogP contribution in [0.1, 0.15) is 30.7 Å². The molecule has 0 amide bonds. The number of fused-ring (bicyclic) bond motifs is 1. The van der Waals surface area contributed by atoms with Gasteiger partial charge in [0.2, 0.25) is 0 Å². The Morgan fingerprint density at radius 3 is 3.00 bits per heavy atom. The van der Waals surface area contributed by atoms with E-state index in [-0.39, 0.29) is 0 Å². The molecule has 17 heavy (non-hydrogen) atoms. The first-order valence-electron chi connectivity index (χ1n) is 6.42. The molecule has 1 aliphatic heterocycles. The lowest BCUT2D eigenvalue weighted by molar-refractivity contribution is 0.0506. The third kappa shape index (κ3) is 2.51. The van der Waals surface area contributed by atoms with Crippen LogP contribution in [-0.4, -0.2) is 24.5 Å². The second-order valence-corrected chi connectivity index (χ2v) is 6.14. The molecule has 0 spiro atoms. The second-order valence-electron chi connectivity index (χ2n) is 5.07. The summed E-state index contributed by atoms with van der Waals surface area (Å²) in [5, 5.41) is 0. The van der Waals surface area contributed by atoms with Gasteiger partial charge in [0.15, 0.2) is 0 Å². The average molecular weight is 249 g/mol. The van der Waals surface area contributed by atoms with Crippen molar-refractivity contribution < 1.29 is 4.74 Å². The van der Waals surface area contributed by atoms with Gasteiger partial charge in [-0.1, -0.05) is 18.2 Å². The summed E-state index contributed by atoms with van der Waals surface area (Å²) in [5.41, 5.74) is 7.37. The van der Waals surface area contributed by atoms with E-state index < -0.39 is 0 Å².